The number of aromatic nitrogens is 1. The molecule has 4 nitrogen and oxygen atoms in total. The van der Waals surface area contributed by atoms with Crippen molar-refractivity contribution in [3.63, 3.8) is 0 Å². The molecule has 2 heterocycles. The summed E-state index contributed by atoms with van der Waals surface area (Å²) in [7, 11) is 0. The number of halogens is 1. The van der Waals surface area contributed by atoms with E-state index in [9.17, 15) is 14.3 Å². The highest BCUT2D eigenvalue weighted by Gasteiger charge is 2.40. The Bertz CT molecular complexity index is 470. The van der Waals surface area contributed by atoms with Gasteiger partial charge in [-0.15, -0.1) is 0 Å². The van der Waals surface area contributed by atoms with Gasteiger partial charge < -0.3 is 5.11 Å². The number of hydrogen-bond donors (Lipinski definition) is 1. The zero-order valence-electron chi connectivity index (χ0n) is 12.5. The number of likely N-dealkylation sites (tertiary alicyclic amines) is 1. The molecule has 0 aliphatic carbocycles. The van der Waals surface area contributed by atoms with Gasteiger partial charge in [-0.05, 0) is 44.5 Å². The van der Waals surface area contributed by atoms with Gasteiger partial charge >= 0.3 is 5.97 Å². The van der Waals surface area contributed by atoms with Gasteiger partial charge in [-0.2, -0.15) is 0 Å². The molecule has 0 spiro atoms. The number of carboxylic acid groups (broad SMARTS) is 1. The number of carboxylic acids is 1. The quantitative estimate of drug-likeness (QED) is 0.906. The zero-order chi connectivity index (χ0) is 15.3. The summed E-state index contributed by atoms with van der Waals surface area (Å²) >= 11 is 0. The predicted octanol–water partition coefficient (Wildman–Crippen LogP) is 3.18. The van der Waals surface area contributed by atoms with E-state index in [1.807, 2.05) is 6.92 Å². The second kappa shape index (κ2) is 6.98. The third-order valence-corrected chi connectivity index (χ3v) is 4.44. The maximum Gasteiger partial charge on any atom is 0.305 e. The highest BCUT2D eigenvalue weighted by atomic mass is 19.1. The molecule has 1 aliphatic heterocycles. The molecule has 0 saturated carbocycles. The van der Waals surface area contributed by atoms with Crippen LogP contribution in [-0.4, -0.2) is 34.0 Å². The van der Waals surface area contributed by atoms with E-state index in [1.54, 1.807) is 6.07 Å². The molecule has 1 aromatic heterocycles. The fourth-order valence-corrected chi connectivity index (χ4v) is 3.29. The van der Waals surface area contributed by atoms with E-state index in [-0.39, 0.29) is 6.42 Å². The van der Waals surface area contributed by atoms with E-state index < -0.39 is 17.3 Å². The fourth-order valence-electron chi connectivity index (χ4n) is 3.29. The van der Waals surface area contributed by atoms with Crippen molar-refractivity contribution < 1.29 is 14.3 Å². The lowest BCUT2D eigenvalue weighted by molar-refractivity contribution is -0.141. The zero-order valence-corrected chi connectivity index (χ0v) is 12.5. The second-order valence-corrected chi connectivity index (χ2v) is 5.72. The molecule has 1 unspecified atom stereocenters. The largest absolute Gasteiger partial charge is 0.481 e. The molecule has 1 fully saturated rings. The molecule has 21 heavy (non-hydrogen) atoms. The number of rotatable bonds is 5. The molecule has 1 atom stereocenters. The Labute approximate surface area is 125 Å². The number of pyridine rings is 1. The molecular weight excluding hydrogens is 271 g/mol. The average molecular weight is 294 g/mol. The van der Waals surface area contributed by atoms with Gasteiger partial charge in [0.2, 0.25) is 0 Å². The van der Waals surface area contributed by atoms with Crippen LogP contribution in [0, 0.1) is 5.82 Å². The van der Waals surface area contributed by atoms with Crippen molar-refractivity contribution >= 4 is 5.97 Å². The van der Waals surface area contributed by atoms with E-state index in [1.165, 1.54) is 25.1 Å². The number of aliphatic carboxylic acids is 1. The normalized spacial score (nSPS) is 19.7. The first-order valence-electron chi connectivity index (χ1n) is 7.67. The van der Waals surface area contributed by atoms with Crippen molar-refractivity contribution in [1.29, 1.82) is 0 Å². The summed E-state index contributed by atoms with van der Waals surface area (Å²) in [5.41, 5.74) is 0.0276. The van der Waals surface area contributed by atoms with Crippen LogP contribution in [0.3, 0.4) is 0 Å². The third-order valence-electron chi connectivity index (χ3n) is 4.44. The van der Waals surface area contributed by atoms with Gasteiger partial charge in [0.1, 0.15) is 5.82 Å². The van der Waals surface area contributed by atoms with Crippen LogP contribution < -0.4 is 0 Å². The summed E-state index contributed by atoms with van der Waals surface area (Å²) < 4.78 is 13.2. The summed E-state index contributed by atoms with van der Waals surface area (Å²) in [6.45, 7) is 3.74. The molecule has 1 N–H and O–H groups in total. The Kier molecular flexibility index (Phi) is 5.28. The molecule has 116 valence electrons. The number of carbonyl (C=O) groups is 1. The van der Waals surface area contributed by atoms with Crippen LogP contribution in [0.2, 0.25) is 0 Å². The van der Waals surface area contributed by atoms with Gasteiger partial charge in [-0.3, -0.25) is 14.7 Å². The van der Waals surface area contributed by atoms with E-state index in [0.29, 0.717) is 12.1 Å². The topological polar surface area (TPSA) is 53.4 Å². The van der Waals surface area contributed by atoms with E-state index in [0.717, 1.165) is 25.9 Å². The first kappa shape index (κ1) is 15.9. The molecule has 0 bridgehead atoms. The lowest BCUT2D eigenvalue weighted by Crippen LogP contribution is -2.48. The van der Waals surface area contributed by atoms with Gasteiger partial charge in [0.15, 0.2) is 0 Å². The maximum atomic E-state index is 13.2. The van der Waals surface area contributed by atoms with Crippen LogP contribution in [-0.2, 0) is 10.3 Å². The van der Waals surface area contributed by atoms with Gasteiger partial charge in [0.05, 0.1) is 23.9 Å². The number of nitrogens with zero attached hydrogens (tertiary/aromatic N) is 2. The molecule has 5 heteroatoms. The van der Waals surface area contributed by atoms with Crippen molar-refractivity contribution in [3.05, 3.63) is 29.8 Å². The van der Waals surface area contributed by atoms with Crippen molar-refractivity contribution in [1.82, 2.24) is 9.88 Å². The van der Waals surface area contributed by atoms with Crippen LogP contribution in [0.1, 0.15) is 51.1 Å². The lowest BCUT2D eigenvalue weighted by Gasteiger charge is -2.42. The Morgan fingerprint density at radius 1 is 1.33 bits per heavy atom. The van der Waals surface area contributed by atoms with E-state index in [4.69, 9.17) is 0 Å². The Balaban J connectivity index is 2.40. The molecule has 1 saturated heterocycles. The summed E-state index contributed by atoms with van der Waals surface area (Å²) in [4.78, 5) is 17.9. The fraction of sp³-hybridized carbons (Fsp3) is 0.625. The van der Waals surface area contributed by atoms with Gasteiger partial charge in [-0.25, -0.2) is 4.39 Å². The summed E-state index contributed by atoms with van der Waals surface area (Å²) in [5.74, 6) is -1.23. The monoisotopic (exact) mass is 294 g/mol. The van der Waals surface area contributed by atoms with E-state index >= 15 is 0 Å². The summed E-state index contributed by atoms with van der Waals surface area (Å²) in [6.07, 6.45) is 6.34. The van der Waals surface area contributed by atoms with Crippen LogP contribution in [0.4, 0.5) is 4.39 Å². The summed E-state index contributed by atoms with van der Waals surface area (Å²) in [5, 5.41) is 9.37. The molecule has 0 aromatic carbocycles. The molecule has 1 aliphatic rings. The number of hydrogen-bond acceptors (Lipinski definition) is 3. The SMILES string of the molecule is CCC(CC(=O)O)(c1ccc(F)cn1)N1CCCCCC1. The highest BCUT2D eigenvalue weighted by Crippen LogP contribution is 2.36. The van der Waals surface area contributed by atoms with Gasteiger partial charge in [-0.1, -0.05) is 19.8 Å². The van der Waals surface area contributed by atoms with Gasteiger partial charge in [0.25, 0.3) is 0 Å². The van der Waals surface area contributed by atoms with Crippen molar-refractivity contribution in [2.75, 3.05) is 13.1 Å². The maximum absolute atomic E-state index is 13.2. The smallest absolute Gasteiger partial charge is 0.305 e. The molecule has 1 aromatic rings. The van der Waals surface area contributed by atoms with Crippen molar-refractivity contribution in [2.24, 2.45) is 0 Å². The van der Waals surface area contributed by atoms with Crippen molar-refractivity contribution in [2.45, 2.75) is 51.0 Å². The molecule has 0 radical (unpaired) electrons. The standard InChI is InChI=1S/C16H23FN2O2/c1-2-16(11-15(20)21,14-8-7-13(17)12-18-14)19-9-5-3-4-6-10-19/h7-8,12H,2-6,9-11H2,1H3,(H,20,21). The minimum absolute atomic E-state index is 0.00212. The van der Waals surface area contributed by atoms with Crippen molar-refractivity contribution in [3.8, 4) is 0 Å². The Morgan fingerprint density at radius 3 is 2.48 bits per heavy atom. The van der Waals surface area contributed by atoms with E-state index in [2.05, 4.69) is 9.88 Å². The first-order valence-corrected chi connectivity index (χ1v) is 7.67. The highest BCUT2D eigenvalue weighted by molar-refractivity contribution is 5.68. The minimum Gasteiger partial charge on any atom is -0.481 e. The van der Waals surface area contributed by atoms with Crippen LogP contribution >= 0.6 is 0 Å². The lowest BCUT2D eigenvalue weighted by atomic mass is 9.85. The Morgan fingerprint density at radius 2 is 2.00 bits per heavy atom. The molecule has 2 rings (SSSR count). The summed E-state index contributed by atoms with van der Waals surface area (Å²) in [6, 6.07) is 3.00. The average Bonchev–Trinajstić information content (AvgIpc) is 2.75. The molecule has 0 amide bonds. The third kappa shape index (κ3) is 3.59. The molecular formula is C16H23FN2O2. The van der Waals surface area contributed by atoms with Crippen LogP contribution in [0.15, 0.2) is 18.3 Å². The first-order chi connectivity index (χ1) is 10.1. The Hall–Kier alpha value is -1.49. The van der Waals surface area contributed by atoms with Gasteiger partial charge in [0, 0.05) is 0 Å². The second-order valence-electron chi connectivity index (χ2n) is 5.72. The van der Waals surface area contributed by atoms with Crippen LogP contribution in [0.5, 0.6) is 0 Å². The van der Waals surface area contributed by atoms with Crippen LogP contribution in [0.25, 0.3) is 0 Å². The predicted molar refractivity (Wildman–Crippen MR) is 78.5 cm³/mol. The minimum atomic E-state index is -0.841.